The first-order valence-electron chi connectivity index (χ1n) is 22.3. The van der Waals surface area contributed by atoms with Gasteiger partial charge in [0.1, 0.15) is 0 Å². The quantitative estimate of drug-likeness (QED) is 0.148. The second-order valence-corrected chi connectivity index (χ2v) is 17.4. The van der Waals surface area contributed by atoms with E-state index < -0.39 is 5.41 Å². The number of anilines is 3. The fourth-order valence-electron chi connectivity index (χ4n) is 11.0. The third-order valence-electron chi connectivity index (χ3n) is 14.0. The number of rotatable bonds is 8. The summed E-state index contributed by atoms with van der Waals surface area (Å²) in [4.78, 5) is 2.46. The molecule has 0 aromatic heterocycles. The molecule has 0 bridgehead atoms. The van der Waals surface area contributed by atoms with Gasteiger partial charge in [0.25, 0.3) is 0 Å². The van der Waals surface area contributed by atoms with E-state index in [0.29, 0.717) is 0 Å². The van der Waals surface area contributed by atoms with Crippen molar-refractivity contribution in [3.05, 3.63) is 294 Å². The molecule has 64 heavy (non-hydrogen) atoms. The van der Waals surface area contributed by atoms with Gasteiger partial charge in [-0.3, -0.25) is 0 Å². The number of hydrogen-bond donors (Lipinski definition) is 0. The molecule has 0 fully saturated rings. The van der Waals surface area contributed by atoms with Crippen molar-refractivity contribution >= 4 is 17.1 Å². The highest BCUT2D eigenvalue weighted by Gasteiger charge is 2.46. The van der Waals surface area contributed by atoms with E-state index in [4.69, 9.17) is 0 Å². The fourth-order valence-corrected chi connectivity index (χ4v) is 11.0. The van der Waals surface area contributed by atoms with Crippen LogP contribution in [0.3, 0.4) is 0 Å². The van der Waals surface area contributed by atoms with Gasteiger partial charge in [0.15, 0.2) is 0 Å². The SMILES string of the molecule is CC1(c2ccccc2)c2ccccc2-c2cc(N(c3ccc(-c4cccc(-c5ccccc5)c4)cc3)c3ccc4c(c3)-c3ccccc3C4(c3ccccc3)c3ccccc3)ccc21. The van der Waals surface area contributed by atoms with Gasteiger partial charge in [-0.1, -0.05) is 212 Å². The van der Waals surface area contributed by atoms with E-state index in [1.165, 1.54) is 83.5 Å². The Morgan fingerprint density at radius 3 is 1.25 bits per heavy atom. The summed E-state index contributed by atoms with van der Waals surface area (Å²) >= 11 is 0. The zero-order valence-corrected chi connectivity index (χ0v) is 35.7. The highest BCUT2D eigenvalue weighted by atomic mass is 15.1. The Labute approximate surface area is 376 Å². The van der Waals surface area contributed by atoms with Gasteiger partial charge in [-0.05, 0) is 133 Å². The van der Waals surface area contributed by atoms with E-state index in [9.17, 15) is 0 Å². The summed E-state index contributed by atoms with van der Waals surface area (Å²) in [5.41, 5.74) is 21.6. The van der Waals surface area contributed by atoms with Crippen LogP contribution >= 0.6 is 0 Å². The van der Waals surface area contributed by atoms with Crippen LogP contribution < -0.4 is 4.90 Å². The standard InChI is InChI=1S/C63H45N/c1-62(48-23-8-3-9-24-48)58-31-16-14-29-54(58)56-42-52(37-39-59(56)62)64(51-35-33-45(34-36-51)47-22-18-21-46(41-47)44-19-6-2-7-20-44)53-38-40-61-57(43-53)55-30-15-17-32-60(55)63(61,49-25-10-4-11-26-49)50-27-12-5-13-28-50/h2-43H,1H3. The average molecular weight is 816 g/mol. The predicted molar refractivity (Wildman–Crippen MR) is 267 cm³/mol. The highest BCUT2D eigenvalue weighted by Crippen LogP contribution is 2.58. The van der Waals surface area contributed by atoms with Crippen LogP contribution in [0.15, 0.2) is 255 Å². The largest absolute Gasteiger partial charge is 0.310 e. The van der Waals surface area contributed by atoms with E-state index in [2.05, 4.69) is 267 Å². The van der Waals surface area contributed by atoms with Crippen molar-refractivity contribution in [2.75, 3.05) is 4.90 Å². The summed E-state index contributed by atoms with van der Waals surface area (Å²) < 4.78 is 0. The second-order valence-electron chi connectivity index (χ2n) is 17.4. The van der Waals surface area contributed by atoms with Crippen LogP contribution in [-0.4, -0.2) is 0 Å². The molecule has 0 amide bonds. The average Bonchev–Trinajstić information content (AvgIpc) is 3.82. The molecule has 1 heteroatoms. The molecular formula is C63H45N. The number of benzene rings is 10. The maximum absolute atomic E-state index is 2.46. The molecule has 1 unspecified atom stereocenters. The van der Waals surface area contributed by atoms with Crippen LogP contribution in [0.4, 0.5) is 17.1 Å². The first-order valence-corrected chi connectivity index (χ1v) is 22.3. The molecule has 1 atom stereocenters. The van der Waals surface area contributed by atoms with Gasteiger partial charge in [0.05, 0.1) is 5.41 Å². The molecule has 0 saturated heterocycles. The topological polar surface area (TPSA) is 3.24 Å². The van der Waals surface area contributed by atoms with Gasteiger partial charge in [-0.25, -0.2) is 0 Å². The molecule has 0 radical (unpaired) electrons. The summed E-state index contributed by atoms with van der Waals surface area (Å²) in [6, 6.07) is 94.1. The van der Waals surface area contributed by atoms with Crippen LogP contribution in [0, 0.1) is 0 Å². The summed E-state index contributed by atoms with van der Waals surface area (Å²) in [6.45, 7) is 2.39. The lowest BCUT2D eigenvalue weighted by molar-refractivity contribution is 0.714. The van der Waals surface area contributed by atoms with E-state index in [-0.39, 0.29) is 5.41 Å². The van der Waals surface area contributed by atoms with Crippen LogP contribution in [-0.2, 0) is 10.8 Å². The molecule has 12 rings (SSSR count). The maximum atomic E-state index is 2.46. The Morgan fingerprint density at radius 2 is 0.656 bits per heavy atom. The minimum absolute atomic E-state index is 0.276. The third-order valence-corrected chi connectivity index (χ3v) is 14.0. The van der Waals surface area contributed by atoms with Crippen molar-refractivity contribution in [3.8, 4) is 44.5 Å². The van der Waals surface area contributed by atoms with E-state index >= 15 is 0 Å². The van der Waals surface area contributed by atoms with Crippen molar-refractivity contribution in [1.82, 2.24) is 0 Å². The van der Waals surface area contributed by atoms with Gasteiger partial charge >= 0.3 is 0 Å². The molecular weight excluding hydrogens is 771 g/mol. The molecule has 0 saturated carbocycles. The van der Waals surface area contributed by atoms with Crippen LogP contribution in [0.2, 0.25) is 0 Å². The lowest BCUT2D eigenvalue weighted by atomic mass is 9.68. The van der Waals surface area contributed by atoms with Gasteiger partial charge < -0.3 is 4.90 Å². The molecule has 2 aliphatic rings. The summed E-state index contributed by atoms with van der Waals surface area (Å²) in [5.74, 6) is 0. The normalized spacial score (nSPS) is 15.1. The highest BCUT2D eigenvalue weighted by molar-refractivity contribution is 5.92. The third kappa shape index (κ3) is 5.78. The Bertz CT molecular complexity index is 3280. The van der Waals surface area contributed by atoms with Crippen molar-refractivity contribution in [2.45, 2.75) is 17.8 Å². The maximum Gasteiger partial charge on any atom is 0.0713 e. The first-order chi connectivity index (χ1) is 31.6. The van der Waals surface area contributed by atoms with E-state index in [1.54, 1.807) is 0 Å². The Balaban J connectivity index is 1.05. The summed E-state index contributed by atoms with van der Waals surface area (Å²) in [6.07, 6.45) is 0. The van der Waals surface area contributed by atoms with E-state index in [1.807, 2.05) is 0 Å². The summed E-state index contributed by atoms with van der Waals surface area (Å²) in [7, 11) is 0. The zero-order chi connectivity index (χ0) is 42.7. The predicted octanol–water partition coefficient (Wildman–Crippen LogP) is 16.2. The molecule has 0 heterocycles. The van der Waals surface area contributed by atoms with Gasteiger partial charge in [0, 0.05) is 22.5 Å². The second kappa shape index (κ2) is 15.1. The molecule has 2 aliphatic carbocycles. The number of hydrogen-bond acceptors (Lipinski definition) is 1. The van der Waals surface area contributed by atoms with Crippen LogP contribution in [0.25, 0.3) is 44.5 Å². The minimum Gasteiger partial charge on any atom is -0.310 e. The van der Waals surface area contributed by atoms with Crippen LogP contribution in [0.5, 0.6) is 0 Å². The fraction of sp³-hybridized carbons (Fsp3) is 0.0476. The minimum atomic E-state index is -0.465. The molecule has 302 valence electrons. The van der Waals surface area contributed by atoms with E-state index in [0.717, 1.165) is 17.1 Å². The van der Waals surface area contributed by atoms with Gasteiger partial charge in [0.2, 0.25) is 0 Å². The number of fused-ring (bicyclic) bond motifs is 6. The molecule has 10 aromatic carbocycles. The smallest absolute Gasteiger partial charge is 0.0713 e. The zero-order valence-electron chi connectivity index (χ0n) is 35.7. The van der Waals surface area contributed by atoms with Crippen molar-refractivity contribution < 1.29 is 0 Å². The molecule has 0 aliphatic heterocycles. The van der Waals surface area contributed by atoms with Crippen molar-refractivity contribution in [2.24, 2.45) is 0 Å². The van der Waals surface area contributed by atoms with Gasteiger partial charge in [-0.15, -0.1) is 0 Å². The van der Waals surface area contributed by atoms with Crippen LogP contribution in [0.1, 0.15) is 45.9 Å². The Hall–Kier alpha value is -8.00. The van der Waals surface area contributed by atoms with Gasteiger partial charge in [-0.2, -0.15) is 0 Å². The molecule has 10 aromatic rings. The molecule has 0 N–H and O–H groups in total. The monoisotopic (exact) mass is 815 g/mol. The Kier molecular flexibility index (Phi) is 8.91. The van der Waals surface area contributed by atoms with Crippen molar-refractivity contribution in [1.29, 1.82) is 0 Å². The first kappa shape index (κ1) is 37.7. The number of nitrogens with zero attached hydrogens (tertiary/aromatic N) is 1. The lowest BCUT2D eigenvalue weighted by Crippen LogP contribution is -2.28. The lowest BCUT2D eigenvalue weighted by Gasteiger charge is -2.34. The summed E-state index contributed by atoms with van der Waals surface area (Å²) in [5, 5.41) is 0. The molecule has 1 nitrogen and oxygen atoms in total. The van der Waals surface area contributed by atoms with Crippen molar-refractivity contribution in [3.63, 3.8) is 0 Å². The Morgan fingerprint density at radius 1 is 0.266 bits per heavy atom. The molecule has 0 spiro atoms.